The number of halogens is 2. The molecular weight excluding hydrogens is 260 g/mol. The first-order chi connectivity index (χ1) is 9.62. The van der Waals surface area contributed by atoms with Gasteiger partial charge in [-0.25, -0.2) is 8.78 Å². The lowest BCUT2D eigenvalue weighted by Crippen LogP contribution is -2.19. The quantitative estimate of drug-likeness (QED) is 0.903. The number of methoxy groups -OCH3 is 1. The summed E-state index contributed by atoms with van der Waals surface area (Å²) in [5.74, 6) is -0.362. The zero-order valence-electron chi connectivity index (χ0n) is 11.5. The van der Waals surface area contributed by atoms with Gasteiger partial charge >= 0.3 is 0 Å². The fourth-order valence-electron chi connectivity index (χ4n) is 2.20. The molecule has 0 spiro atoms. The molecule has 0 saturated heterocycles. The van der Waals surface area contributed by atoms with Crippen LogP contribution in [0.5, 0.6) is 5.75 Å². The Balaban J connectivity index is 2.23. The van der Waals surface area contributed by atoms with Gasteiger partial charge in [0.1, 0.15) is 17.4 Å². The van der Waals surface area contributed by atoms with Gasteiger partial charge < -0.3 is 10.1 Å². The Hall–Kier alpha value is -1.94. The Bertz CT molecular complexity index is 566. The van der Waals surface area contributed by atoms with E-state index in [2.05, 4.69) is 5.32 Å². The molecule has 0 fully saturated rings. The Morgan fingerprint density at radius 2 is 1.80 bits per heavy atom. The van der Waals surface area contributed by atoms with E-state index in [1.165, 1.54) is 12.1 Å². The predicted molar refractivity (Wildman–Crippen MR) is 74.9 cm³/mol. The number of hydrogen-bond donors (Lipinski definition) is 1. The Morgan fingerprint density at radius 1 is 1.10 bits per heavy atom. The number of likely N-dealkylation sites (N-methyl/N-ethyl adjacent to an activating group) is 1. The summed E-state index contributed by atoms with van der Waals surface area (Å²) in [5.41, 5.74) is 1.63. The Kier molecular flexibility index (Phi) is 4.69. The molecule has 0 radical (unpaired) electrons. The Morgan fingerprint density at radius 3 is 2.40 bits per heavy atom. The standard InChI is InChI=1S/C16H17F2NO/c1-19-16(12-8-13(17)10-14(18)9-12)7-11-4-3-5-15(6-11)20-2/h3-6,8-10,16,19H,7H2,1-2H3. The first kappa shape index (κ1) is 14.5. The van der Waals surface area contributed by atoms with Gasteiger partial charge in [0, 0.05) is 12.1 Å². The third kappa shape index (κ3) is 3.54. The molecule has 0 aliphatic heterocycles. The van der Waals surface area contributed by atoms with Crippen LogP contribution >= 0.6 is 0 Å². The van der Waals surface area contributed by atoms with Crippen LogP contribution in [0.4, 0.5) is 8.78 Å². The van der Waals surface area contributed by atoms with Crippen LogP contribution in [0.25, 0.3) is 0 Å². The van der Waals surface area contributed by atoms with E-state index < -0.39 is 11.6 Å². The largest absolute Gasteiger partial charge is 0.497 e. The fourth-order valence-corrected chi connectivity index (χ4v) is 2.20. The van der Waals surface area contributed by atoms with Crippen LogP contribution in [0.3, 0.4) is 0 Å². The van der Waals surface area contributed by atoms with Crippen LogP contribution in [0.15, 0.2) is 42.5 Å². The maximum absolute atomic E-state index is 13.3. The highest BCUT2D eigenvalue weighted by Crippen LogP contribution is 2.22. The molecule has 0 amide bonds. The maximum Gasteiger partial charge on any atom is 0.126 e. The van der Waals surface area contributed by atoms with Crippen molar-refractivity contribution in [3.05, 3.63) is 65.2 Å². The van der Waals surface area contributed by atoms with E-state index in [1.54, 1.807) is 14.2 Å². The van der Waals surface area contributed by atoms with Crippen molar-refractivity contribution in [3.63, 3.8) is 0 Å². The maximum atomic E-state index is 13.3. The lowest BCUT2D eigenvalue weighted by atomic mass is 9.98. The lowest BCUT2D eigenvalue weighted by Gasteiger charge is -2.17. The third-order valence-corrected chi connectivity index (χ3v) is 3.21. The second-order valence-electron chi connectivity index (χ2n) is 4.60. The summed E-state index contributed by atoms with van der Waals surface area (Å²) in [7, 11) is 3.38. The monoisotopic (exact) mass is 277 g/mol. The molecule has 2 nitrogen and oxygen atoms in total. The molecule has 0 aliphatic carbocycles. The minimum atomic E-state index is -0.564. The molecule has 0 heterocycles. The highest BCUT2D eigenvalue weighted by atomic mass is 19.1. The normalized spacial score (nSPS) is 12.2. The molecule has 106 valence electrons. The zero-order chi connectivity index (χ0) is 14.5. The summed E-state index contributed by atoms with van der Waals surface area (Å²) in [5, 5.41) is 3.08. The average molecular weight is 277 g/mol. The minimum absolute atomic E-state index is 0.160. The first-order valence-corrected chi connectivity index (χ1v) is 6.38. The smallest absolute Gasteiger partial charge is 0.126 e. The van der Waals surface area contributed by atoms with E-state index in [0.717, 1.165) is 17.4 Å². The average Bonchev–Trinajstić information content (AvgIpc) is 2.44. The van der Waals surface area contributed by atoms with E-state index in [4.69, 9.17) is 4.74 Å². The minimum Gasteiger partial charge on any atom is -0.497 e. The van der Waals surface area contributed by atoms with E-state index >= 15 is 0 Å². The van der Waals surface area contributed by atoms with Crippen molar-refractivity contribution >= 4 is 0 Å². The van der Waals surface area contributed by atoms with Crippen LogP contribution in [-0.2, 0) is 6.42 Å². The first-order valence-electron chi connectivity index (χ1n) is 6.38. The van der Waals surface area contributed by atoms with Crippen molar-refractivity contribution in [2.24, 2.45) is 0 Å². The SMILES string of the molecule is CNC(Cc1cccc(OC)c1)c1cc(F)cc(F)c1. The van der Waals surface area contributed by atoms with Gasteiger partial charge in [-0.15, -0.1) is 0 Å². The predicted octanol–water partition coefficient (Wildman–Crippen LogP) is 3.48. The number of rotatable bonds is 5. The van der Waals surface area contributed by atoms with Gasteiger partial charge in [0.05, 0.1) is 7.11 Å². The van der Waals surface area contributed by atoms with Crippen molar-refractivity contribution in [1.29, 1.82) is 0 Å². The van der Waals surface area contributed by atoms with Crippen LogP contribution in [-0.4, -0.2) is 14.2 Å². The number of hydrogen-bond acceptors (Lipinski definition) is 2. The molecule has 2 rings (SSSR count). The molecule has 2 aromatic rings. The lowest BCUT2D eigenvalue weighted by molar-refractivity contribution is 0.414. The van der Waals surface area contributed by atoms with Gasteiger partial charge in [-0.05, 0) is 48.9 Å². The summed E-state index contributed by atoms with van der Waals surface area (Å²) in [6.45, 7) is 0. The molecule has 1 atom stereocenters. The van der Waals surface area contributed by atoms with Gasteiger partial charge in [-0.1, -0.05) is 12.1 Å². The Labute approximate surface area is 117 Å². The molecule has 1 unspecified atom stereocenters. The van der Waals surface area contributed by atoms with Gasteiger partial charge in [0.15, 0.2) is 0 Å². The van der Waals surface area contributed by atoms with Crippen molar-refractivity contribution in [1.82, 2.24) is 5.32 Å². The summed E-state index contributed by atoms with van der Waals surface area (Å²) in [6, 6.07) is 11.1. The zero-order valence-corrected chi connectivity index (χ0v) is 11.5. The van der Waals surface area contributed by atoms with Crippen molar-refractivity contribution < 1.29 is 13.5 Å². The molecule has 4 heteroatoms. The topological polar surface area (TPSA) is 21.3 Å². The summed E-state index contributed by atoms with van der Waals surface area (Å²) in [6.07, 6.45) is 0.622. The van der Waals surface area contributed by atoms with E-state index in [1.807, 2.05) is 24.3 Å². The summed E-state index contributed by atoms with van der Waals surface area (Å²) >= 11 is 0. The second-order valence-corrected chi connectivity index (χ2v) is 4.60. The van der Waals surface area contributed by atoms with Crippen molar-refractivity contribution in [2.75, 3.05) is 14.2 Å². The molecule has 1 N–H and O–H groups in total. The van der Waals surface area contributed by atoms with Crippen molar-refractivity contribution in [2.45, 2.75) is 12.5 Å². The number of ether oxygens (including phenoxy) is 1. The summed E-state index contributed by atoms with van der Waals surface area (Å²) in [4.78, 5) is 0. The van der Waals surface area contributed by atoms with Gasteiger partial charge in [0.2, 0.25) is 0 Å². The van der Waals surface area contributed by atoms with E-state index in [0.29, 0.717) is 12.0 Å². The molecule has 0 aliphatic rings. The van der Waals surface area contributed by atoms with Gasteiger partial charge in [-0.3, -0.25) is 0 Å². The highest BCUT2D eigenvalue weighted by Gasteiger charge is 2.13. The molecule has 0 bridgehead atoms. The molecule has 0 saturated carbocycles. The van der Waals surface area contributed by atoms with Crippen molar-refractivity contribution in [3.8, 4) is 5.75 Å². The van der Waals surface area contributed by atoms with Gasteiger partial charge in [-0.2, -0.15) is 0 Å². The fraction of sp³-hybridized carbons (Fsp3) is 0.250. The third-order valence-electron chi connectivity index (χ3n) is 3.21. The van der Waals surface area contributed by atoms with Crippen LogP contribution in [0, 0.1) is 11.6 Å². The van der Waals surface area contributed by atoms with Crippen LogP contribution in [0.2, 0.25) is 0 Å². The highest BCUT2D eigenvalue weighted by molar-refractivity contribution is 5.31. The molecule has 2 aromatic carbocycles. The van der Waals surface area contributed by atoms with E-state index in [-0.39, 0.29) is 6.04 Å². The van der Waals surface area contributed by atoms with Crippen LogP contribution in [0.1, 0.15) is 17.2 Å². The number of benzene rings is 2. The molecule has 0 aromatic heterocycles. The van der Waals surface area contributed by atoms with Crippen LogP contribution < -0.4 is 10.1 Å². The van der Waals surface area contributed by atoms with E-state index in [9.17, 15) is 8.78 Å². The second kappa shape index (κ2) is 6.48. The molecule has 20 heavy (non-hydrogen) atoms. The molecular formula is C16H17F2NO. The number of nitrogens with one attached hydrogen (secondary N) is 1. The van der Waals surface area contributed by atoms with Gasteiger partial charge in [0.25, 0.3) is 0 Å². The summed E-state index contributed by atoms with van der Waals surface area (Å²) < 4.78 is 31.8.